The van der Waals surface area contributed by atoms with Gasteiger partial charge in [0.05, 0.1) is 26.4 Å². The zero-order valence-electron chi connectivity index (χ0n) is 16.0. The standard InChI is InChI=1S/C20H21N3O6/c1-27-18(25)8-17(24)21-10-15-11-23(20(26)28-15)14-5-6-16-12(7-14)3-2-4-13-9-22-29-19(13)16/h5-7,9,15H,2-4,8,10-11H2,1H3,(H,21,24). The Morgan fingerprint density at radius 2 is 2.14 bits per heavy atom. The fraction of sp³-hybridized carbons (Fsp3) is 0.400. The van der Waals surface area contributed by atoms with Crippen molar-refractivity contribution in [1.82, 2.24) is 10.5 Å². The van der Waals surface area contributed by atoms with Crippen molar-refractivity contribution in [3.05, 3.63) is 35.5 Å². The van der Waals surface area contributed by atoms with Crippen molar-refractivity contribution in [3.63, 3.8) is 0 Å². The largest absolute Gasteiger partial charge is 0.469 e. The van der Waals surface area contributed by atoms with Crippen molar-refractivity contribution >= 4 is 23.7 Å². The summed E-state index contributed by atoms with van der Waals surface area (Å²) in [4.78, 5) is 36.7. The number of aromatic nitrogens is 1. The summed E-state index contributed by atoms with van der Waals surface area (Å²) in [6.45, 7) is 0.439. The highest BCUT2D eigenvalue weighted by molar-refractivity contribution is 5.94. The number of benzene rings is 1. The number of ether oxygens (including phenoxy) is 2. The first-order valence-corrected chi connectivity index (χ1v) is 9.43. The Bertz CT molecular complexity index is 953. The first-order valence-electron chi connectivity index (χ1n) is 9.43. The van der Waals surface area contributed by atoms with Crippen LogP contribution in [0.5, 0.6) is 0 Å². The molecule has 4 rings (SSSR count). The van der Waals surface area contributed by atoms with Crippen molar-refractivity contribution in [2.75, 3.05) is 25.1 Å². The summed E-state index contributed by atoms with van der Waals surface area (Å²) in [5.74, 6) is -0.300. The molecule has 1 aromatic heterocycles. The molecule has 1 aromatic carbocycles. The van der Waals surface area contributed by atoms with Gasteiger partial charge in [0, 0.05) is 16.8 Å². The SMILES string of the molecule is COC(=O)CC(=O)NCC1CN(c2ccc3c(c2)CCCc2cnoc2-3)C(=O)O1. The Kier molecular flexibility index (Phi) is 5.20. The third-order valence-corrected chi connectivity index (χ3v) is 5.12. The number of hydrogen-bond acceptors (Lipinski definition) is 7. The second-order valence-corrected chi connectivity index (χ2v) is 7.05. The van der Waals surface area contributed by atoms with Crippen molar-refractivity contribution in [3.8, 4) is 11.3 Å². The minimum atomic E-state index is -0.618. The Balaban J connectivity index is 1.43. The predicted octanol–water partition coefficient (Wildman–Crippen LogP) is 1.83. The van der Waals surface area contributed by atoms with Gasteiger partial charge in [0.15, 0.2) is 5.76 Å². The summed E-state index contributed by atoms with van der Waals surface area (Å²) < 4.78 is 15.2. The van der Waals surface area contributed by atoms with Gasteiger partial charge in [0.1, 0.15) is 12.5 Å². The van der Waals surface area contributed by atoms with Gasteiger partial charge in [0.25, 0.3) is 0 Å². The number of amides is 2. The van der Waals surface area contributed by atoms with Crippen LogP contribution < -0.4 is 10.2 Å². The van der Waals surface area contributed by atoms with Gasteiger partial charge in [-0.3, -0.25) is 14.5 Å². The van der Waals surface area contributed by atoms with Gasteiger partial charge in [0.2, 0.25) is 5.91 Å². The molecule has 1 N–H and O–H groups in total. The monoisotopic (exact) mass is 399 g/mol. The lowest BCUT2D eigenvalue weighted by atomic mass is 10.0. The maximum absolute atomic E-state index is 12.3. The Hall–Kier alpha value is -3.36. The van der Waals surface area contributed by atoms with Gasteiger partial charge in [-0.2, -0.15) is 0 Å². The number of nitrogens with zero attached hydrogens (tertiary/aromatic N) is 2. The van der Waals surface area contributed by atoms with E-state index in [-0.39, 0.29) is 13.0 Å². The zero-order chi connectivity index (χ0) is 20.4. The molecule has 1 unspecified atom stereocenters. The van der Waals surface area contributed by atoms with Crippen molar-refractivity contribution in [2.45, 2.75) is 31.8 Å². The lowest BCUT2D eigenvalue weighted by Crippen LogP contribution is -2.35. The van der Waals surface area contributed by atoms with E-state index in [1.807, 2.05) is 18.2 Å². The van der Waals surface area contributed by atoms with E-state index in [2.05, 4.69) is 15.2 Å². The number of carbonyl (C=O) groups excluding carboxylic acids is 3. The molecule has 0 radical (unpaired) electrons. The van der Waals surface area contributed by atoms with Crippen LogP contribution in [0.3, 0.4) is 0 Å². The van der Waals surface area contributed by atoms with Crippen LogP contribution in [0.4, 0.5) is 10.5 Å². The number of rotatable bonds is 5. The molecule has 1 aliphatic heterocycles. The summed E-state index contributed by atoms with van der Waals surface area (Å²) in [5.41, 5.74) is 3.93. The average molecular weight is 399 g/mol. The first-order chi connectivity index (χ1) is 14.0. The molecule has 2 heterocycles. The van der Waals surface area contributed by atoms with Crippen LogP contribution in [0.15, 0.2) is 28.9 Å². The summed E-state index contributed by atoms with van der Waals surface area (Å²) in [7, 11) is 1.22. The molecule has 1 aliphatic carbocycles. The van der Waals surface area contributed by atoms with E-state index in [9.17, 15) is 14.4 Å². The third-order valence-electron chi connectivity index (χ3n) is 5.12. The van der Waals surface area contributed by atoms with Crippen LogP contribution in [0.1, 0.15) is 24.0 Å². The summed E-state index contributed by atoms with van der Waals surface area (Å²) in [5, 5.41) is 6.49. The van der Waals surface area contributed by atoms with E-state index < -0.39 is 24.1 Å². The molecule has 2 amide bonds. The molecule has 0 spiro atoms. The molecule has 2 aromatic rings. The zero-order valence-corrected chi connectivity index (χ0v) is 16.0. The average Bonchev–Trinajstić information content (AvgIpc) is 3.28. The molecule has 29 heavy (non-hydrogen) atoms. The molecule has 9 nitrogen and oxygen atoms in total. The number of cyclic esters (lactones) is 1. The Morgan fingerprint density at radius 3 is 2.97 bits per heavy atom. The molecule has 1 fully saturated rings. The number of carbonyl (C=O) groups is 3. The highest BCUT2D eigenvalue weighted by Crippen LogP contribution is 2.35. The summed E-state index contributed by atoms with van der Waals surface area (Å²) in [6.07, 6.45) is 3.19. The van der Waals surface area contributed by atoms with Crippen LogP contribution in [-0.4, -0.2) is 49.4 Å². The third kappa shape index (κ3) is 3.94. The van der Waals surface area contributed by atoms with Gasteiger partial charge in [-0.15, -0.1) is 0 Å². The van der Waals surface area contributed by atoms with Crippen molar-refractivity contribution in [2.24, 2.45) is 0 Å². The topological polar surface area (TPSA) is 111 Å². The molecule has 152 valence electrons. The van der Waals surface area contributed by atoms with E-state index >= 15 is 0 Å². The molecule has 1 saturated heterocycles. The van der Waals surface area contributed by atoms with Crippen LogP contribution in [0.25, 0.3) is 11.3 Å². The van der Waals surface area contributed by atoms with E-state index in [4.69, 9.17) is 9.26 Å². The highest BCUT2D eigenvalue weighted by atomic mass is 16.6. The number of nitrogens with one attached hydrogen (secondary N) is 1. The number of fused-ring (bicyclic) bond motifs is 3. The minimum absolute atomic E-state index is 0.129. The highest BCUT2D eigenvalue weighted by Gasteiger charge is 2.33. The molecule has 0 bridgehead atoms. The Labute approximate surface area is 166 Å². The molecule has 9 heteroatoms. The number of methoxy groups -OCH3 is 1. The van der Waals surface area contributed by atoms with Gasteiger partial charge < -0.3 is 19.3 Å². The number of anilines is 1. The molecule has 2 aliphatic rings. The van der Waals surface area contributed by atoms with Gasteiger partial charge >= 0.3 is 12.1 Å². The fourth-order valence-corrected chi connectivity index (χ4v) is 3.64. The van der Waals surface area contributed by atoms with Crippen LogP contribution in [-0.2, 0) is 31.9 Å². The van der Waals surface area contributed by atoms with Crippen molar-refractivity contribution in [1.29, 1.82) is 0 Å². The quantitative estimate of drug-likeness (QED) is 0.603. The maximum Gasteiger partial charge on any atom is 0.414 e. The second kappa shape index (κ2) is 7.94. The number of esters is 1. The Morgan fingerprint density at radius 1 is 1.31 bits per heavy atom. The minimum Gasteiger partial charge on any atom is -0.469 e. The summed E-state index contributed by atoms with van der Waals surface area (Å²) >= 11 is 0. The lowest BCUT2D eigenvalue weighted by Gasteiger charge is -2.15. The van der Waals surface area contributed by atoms with E-state index in [0.717, 1.165) is 47.4 Å². The molecule has 0 saturated carbocycles. The van der Waals surface area contributed by atoms with Crippen LogP contribution >= 0.6 is 0 Å². The van der Waals surface area contributed by atoms with Gasteiger partial charge in [-0.25, -0.2) is 4.79 Å². The van der Waals surface area contributed by atoms with E-state index in [0.29, 0.717) is 6.54 Å². The van der Waals surface area contributed by atoms with E-state index in [1.54, 1.807) is 11.1 Å². The lowest BCUT2D eigenvalue weighted by molar-refractivity contribution is -0.143. The number of hydrogen-bond donors (Lipinski definition) is 1. The van der Waals surface area contributed by atoms with Crippen LogP contribution in [0, 0.1) is 0 Å². The van der Waals surface area contributed by atoms with Crippen molar-refractivity contribution < 1.29 is 28.4 Å². The number of aryl methyl sites for hydroxylation is 2. The molecule has 1 atom stereocenters. The fourth-order valence-electron chi connectivity index (χ4n) is 3.64. The summed E-state index contributed by atoms with van der Waals surface area (Å²) in [6, 6.07) is 5.78. The van der Waals surface area contributed by atoms with Gasteiger partial charge in [-0.05, 0) is 43.0 Å². The predicted molar refractivity (Wildman–Crippen MR) is 101 cm³/mol. The normalized spacial score (nSPS) is 17.8. The van der Waals surface area contributed by atoms with E-state index in [1.165, 1.54) is 7.11 Å². The second-order valence-electron chi connectivity index (χ2n) is 7.05. The first kappa shape index (κ1) is 19.0. The molecular weight excluding hydrogens is 378 g/mol. The van der Waals surface area contributed by atoms with Gasteiger partial charge in [-0.1, -0.05) is 5.16 Å². The maximum atomic E-state index is 12.3. The molecular formula is C20H21N3O6. The smallest absolute Gasteiger partial charge is 0.414 e. The van der Waals surface area contributed by atoms with Crippen LogP contribution in [0.2, 0.25) is 0 Å².